The molecule has 0 saturated heterocycles. The monoisotopic (exact) mass is 334 g/mol. The zero-order chi connectivity index (χ0) is 11.6. The minimum absolute atomic E-state index is 0.127. The van der Waals surface area contributed by atoms with Crippen LogP contribution in [0.4, 0.5) is 0 Å². The Kier molecular flexibility index (Phi) is 4.34. The van der Waals surface area contributed by atoms with Crippen LogP contribution < -0.4 is 10.2 Å². The van der Waals surface area contributed by atoms with Gasteiger partial charge in [-0.15, -0.1) is 0 Å². The molecule has 1 aromatic rings. The molecule has 0 fully saturated rings. The van der Waals surface area contributed by atoms with E-state index in [4.69, 9.17) is 4.74 Å². The van der Waals surface area contributed by atoms with Gasteiger partial charge in [0.15, 0.2) is 5.75 Å². The Hall–Kier alpha value is -0.350. The molecular weight excluding hydrogens is 324 g/mol. The van der Waals surface area contributed by atoms with Gasteiger partial charge in [-0.25, -0.2) is 0 Å². The van der Waals surface area contributed by atoms with E-state index >= 15 is 0 Å². The van der Waals surface area contributed by atoms with Crippen LogP contribution in [0.25, 0.3) is 0 Å². The van der Waals surface area contributed by atoms with Gasteiger partial charge in [0.05, 0.1) is 16.1 Å². The molecular formula is C11H12Br2O2. The van der Waals surface area contributed by atoms with Crippen LogP contribution in [0.1, 0.15) is 25.3 Å². The van der Waals surface area contributed by atoms with Crippen LogP contribution in [0.15, 0.2) is 25.9 Å². The molecule has 4 heteroatoms. The second-order valence-corrected chi connectivity index (χ2v) is 5.12. The molecule has 0 aromatic heterocycles. The predicted octanol–water partition coefficient (Wildman–Crippen LogP) is 3.70. The van der Waals surface area contributed by atoms with Crippen molar-refractivity contribution in [2.75, 3.05) is 7.11 Å². The van der Waals surface area contributed by atoms with Crippen molar-refractivity contribution < 1.29 is 4.74 Å². The minimum atomic E-state index is -0.127. The summed E-state index contributed by atoms with van der Waals surface area (Å²) in [5, 5.41) is 0. The van der Waals surface area contributed by atoms with Gasteiger partial charge in [0, 0.05) is 0 Å². The molecule has 2 nitrogen and oxygen atoms in total. The molecule has 0 aliphatic rings. The molecule has 0 N–H and O–H groups in total. The largest absolute Gasteiger partial charge is 0.492 e. The molecule has 0 aliphatic heterocycles. The number of hydrogen-bond acceptors (Lipinski definition) is 2. The Bertz CT molecular complexity index is 428. The molecule has 0 atom stereocenters. The first-order valence-corrected chi connectivity index (χ1v) is 6.13. The normalized spacial score (nSPS) is 10.5. The third-order valence-electron chi connectivity index (χ3n) is 2.11. The highest BCUT2D eigenvalue weighted by Gasteiger charge is 2.12. The first-order valence-electron chi connectivity index (χ1n) is 4.55. The molecule has 82 valence electrons. The van der Waals surface area contributed by atoms with Crippen molar-refractivity contribution in [3.63, 3.8) is 0 Å². The maximum absolute atomic E-state index is 11.9. The Morgan fingerprint density at radius 1 is 1.27 bits per heavy atom. The molecule has 0 aliphatic carbocycles. The summed E-state index contributed by atoms with van der Waals surface area (Å²) in [5.41, 5.74) is 0.849. The van der Waals surface area contributed by atoms with Crippen molar-refractivity contribution in [1.29, 1.82) is 0 Å². The van der Waals surface area contributed by atoms with Crippen LogP contribution >= 0.6 is 31.9 Å². The number of rotatable bonds is 2. The highest BCUT2D eigenvalue weighted by Crippen LogP contribution is 2.27. The van der Waals surface area contributed by atoms with Gasteiger partial charge in [-0.1, -0.05) is 19.9 Å². The lowest BCUT2D eigenvalue weighted by Crippen LogP contribution is -2.05. The van der Waals surface area contributed by atoms with Gasteiger partial charge in [-0.2, -0.15) is 0 Å². The number of hydrogen-bond donors (Lipinski definition) is 0. The minimum Gasteiger partial charge on any atom is -0.492 e. The van der Waals surface area contributed by atoms with E-state index in [1.54, 1.807) is 0 Å². The van der Waals surface area contributed by atoms with E-state index in [1.807, 2.05) is 26.0 Å². The Balaban J connectivity index is 3.62. The van der Waals surface area contributed by atoms with Gasteiger partial charge in [0.25, 0.3) is 0 Å². The average Bonchev–Trinajstić information content (AvgIpc) is 2.26. The SMILES string of the molecule is COc1c(Br)ccc(C(C)C)c(Br)c1=O. The summed E-state index contributed by atoms with van der Waals surface area (Å²) in [6.07, 6.45) is 0. The first kappa shape index (κ1) is 12.7. The summed E-state index contributed by atoms with van der Waals surface area (Å²) in [6, 6.07) is 3.75. The zero-order valence-electron chi connectivity index (χ0n) is 8.80. The van der Waals surface area contributed by atoms with Crippen LogP contribution in [-0.4, -0.2) is 7.11 Å². The van der Waals surface area contributed by atoms with Gasteiger partial charge < -0.3 is 4.74 Å². The maximum atomic E-state index is 11.9. The van der Waals surface area contributed by atoms with E-state index in [2.05, 4.69) is 31.9 Å². The summed E-state index contributed by atoms with van der Waals surface area (Å²) in [4.78, 5) is 11.9. The Labute approximate surface area is 106 Å². The topological polar surface area (TPSA) is 26.3 Å². The first-order chi connectivity index (χ1) is 6.99. The van der Waals surface area contributed by atoms with E-state index in [0.29, 0.717) is 14.7 Å². The smallest absolute Gasteiger partial charge is 0.235 e. The predicted molar refractivity (Wildman–Crippen MR) is 68.8 cm³/mol. The second-order valence-electron chi connectivity index (χ2n) is 3.47. The van der Waals surface area contributed by atoms with Crippen LogP contribution in [0.3, 0.4) is 0 Å². The summed E-state index contributed by atoms with van der Waals surface area (Å²) in [5.74, 6) is 0.616. The van der Waals surface area contributed by atoms with Crippen molar-refractivity contribution in [1.82, 2.24) is 0 Å². The molecule has 0 spiro atoms. The van der Waals surface area contributed by atoms with E-state index < -0.39 is 0 Å². The molecule has 15 heavy (non-hydrogen) atoms. The van der Waals surface area contributed by atoms with Gasteiger partial charge in [-0.05, 0) is 49.4 Å². The van der Waals surface area contributed by atoms with Crippen LogP contribution in [0.5, 0.6) is 5.75 Å². The number of halogens is 2. The molecule has 0 radical (unpaired) electrons. The fourth-order valence-electron chi connectivity index (χ4n) is 1.29. The molecule has 1 rings (SSSR count). The average molecular weight is 336 g/mol. The van der Waals surface area contributed by atoms with E-state index in [9.17, 15) is 4.79 Å². The lowest BCUT2D eigenvalue weighted by molar-refractivity contribution is 0.408. The highest BCUT2D eigenvalue weighted by atomic mass is 79.9. The standard InChI is InChI=1S/C11H12Br2O2/c1-6(2)7-4-5-8(12)11(15-3)10(14)9(7)13/h4-6H,1-3H3. The van der Waals surface area contributed by atoms with Crippen LogP contribution in [-0.2, 0) is 0 Å². The second kappa shape index (κ2) is 5.12. The Morgan fingerprint density at radius 3 is 2.33 bits per heavy atom. The number of ether oxygens (including phenoxy) is 1. The van der Waals surface area contributed by atoms with Crippen molar-refractivity contribution in [3.05, 3.63) is 36.9 Å². The van der Waals surface area contributed by atoms with Gasteiger partial charge in [-0.3, -0.25) is 4.79 Å². The molecule has 0 bridgehead atoms. The van der Waals surface area contributed by atoms with Crippen molar-refractivity contribution in [2.24, 2.45) is 0 Å². The lowest BCUT2D eigenvalue weighted by atomic mass is 10.1. The third-order valence-corrected chi connectivity index (χ3v) is 3.55. The maximum Gasteiger partial charge on any atom is 0.235 e. The van der Waals surface area contributed by atoms with E-state index in [1.165, 1.54) is 7.11 Å². The molecule has 1 aromatic carbocycles. The van der Waals surface area contributed by atoms with Gasteiger partial charge in [0.1, 0.15) is 0 Å². The summed E-state index contributed by atoms with van der Waals surface area (Å²) >= 11 is 6.63. The summed E-state index contributed by atoms with van der Waals surface area (Å²) < 4.78 is 6.30. The lowest BCUT2D eigenvalue weighted by Gasteiger charge is -2.03. The van der Waals surface area contributed by atoms with E-state index in [-0.39, 0.29) is 11.3 Å². The molecule has 0 heterocycles. The van der Waals surface area contributed by atoms with Crippen molar-refractivity contribution in [2.45, 2.75) is 19.8 Å². The fourth-order valence-corrected chi connectivity index (χ4v) is 2.53. The Morgan fingerprint density at radius 2 is 1.87 bits per heavy atom. The highest BCUT2D eigenvalue weighted by molar-refractivity contribution is 9.11. The van der Waals surface area contributed by atoms with E-state index in [0.717, 1.165) is 5.56 Å². The summed E-state index contributed by atoms with van der Waals surface area (Å²) in [7, 11) is 1.49. The third kappa shape index (κ3) is 2.61. The quantitative estimate of drug-likeness (QED) is 0.823. The van der Waals surface area contributed by atoms with Gasteiger partial charge in [0.2, 0.25) is 5.43 Å². The number of methoxy groups -OCH3 is 1. The fraction of sp³-hybridized carbons (Fsp3) is 0.364. The molecule has 0 unspecified atom stereocenters. The van der Waals surface area contributed by atoms with Crippen LogP contribution in [0.2, 0.25) is 0 Å². The van der Waals surface area contributed by atoms with Crippen LogP contribution in [0, 0.1) is 0 Å². The summed E-state index contributed by atoms with van der Waals surface area (Å²) in [6.45, 7) is 4.08. The zero-order valence-corrected chi connectivity index (χ0v) is 12.0. The van der Waals surface area contributed by atoms with Gasteiger partial charge >= 0.3 is 0 Å². The molecule has 0 saturated carbocycles. The van der Waals surface area contributed by atoms with Crippen molar-refractivity contribution in [3.8, 4) is 5.75 Å². The van der Waals surface area contributed by atoms with Crippen molar-refractivity contribution >= 4 is 31.9 Å². The molecule has 0 amide bonds.